The first kappa shape index (κ1) is 12.4. The lowest BCUT2D eigenvalue weighted by Gasteiger charge is -2.21. The molecule has 0 spiro atoms. The number of ether oxygens (including phenoxy) is 1. The van der Waals surface area contributed by atoms with Crippen LogP contribution in [0.2, 0.25) is 0 Å². The number of methoxy groups -OCH3 is 1. The Kier molecular flexibility index (Phi) is 7.60. The van der Waals surface area contributed by atoms with Crippen molar-refractivity contribution in [2.45, 2.75) is 19.4 Å². The fraction of sp³-hybridized carbons (Fsp3) is 0.889. The van der Waals surface area contributed by atoms with Gasteiger partial charge in [-0.15, -0.1) is 0 Å². The van der Waals surface area contributed by atoms with Crippen molar-refractivity contribution in [3.8, 4) is 6.07 Å². The van der Waals surface area contributed by atoms with Gasteiger partial charge in [0.25, 0.3) is 0 Å². The van der Waals surface area contributed by atoms with Crippen LogP contribution in [0.15, 0.2) is 0 Å². The molecule has 1 N–H and O–H groups in total. The molecule has 0 aliphatic carbocycles. The van der Waals surface area contributed by atoms with Gasteiger partial charge in [-0.25, -0.2) is 0 Å². The molecule has 13 heavy (non-hydrogen) atoms. The van der Waals surface area contributed by atoms with Gasteiger partial charge in [0.1, 0.15) is 0 Å². The molecule has 0 rings (SSSR count). The maximum Gasteiger partial charge on any atom is 0.0639 e. The molecule has 1 atom stereocenters. The molecule has 0 heterocycles. The molecule has 0 amide bonds. The van der Waals surface area contributed by atoms with Gasteiger partial charge >= 0.3 is 0 Å². The smallest absolute Gasteiger partial charge is 0.0639 e. The summed E-state index contributed by atoms with van der Waals surface area (Å²) in [6, 6.07) is 2.08. The van der Waals surface area contributed by atoms with E-state index in [9.17, 15) is 0 Å². The van der Waals surface area contributed by atoms with E-state index >= 15 is 0 Å². The lowest BCUT2D eigenvalue weighted by atomic mass is 10.3. The van der Waals surface area contributed by atoms with Crippen molar-refractivity contribution < 1.29 is 9.84 Å². The molecule has 0 fully saturated rings. The minimum atomic E-state index is -0.351. The van der Waals surface area contributed by atoms with Crippen LogP contribution in [0.25, 0.3) is 0 Å². The molecule has 0 aromatic rings. The molecule has 0 aliphatic rings. The summed E-state index contributed by atoms with van der Waals surface area (Å²) in [5.41, 5.74) is 0. The second-order valence-electron chi connectivity index (χ2n) is 3.05. The van der Waals surface area contributed by atoms with Gasteiger partial charge in [-0.3, -0.25) is 4.90 Å². The van der Waals surface area contributed by atoms with Crippen LogP contribution >= 0.6 is 0 Å². The fourth-order valence-corrected chi connectivity index (χ4v) is 1.10. The molecule has 0 radical (unpaired) electrons. The number of aliphatic hydroxyl groups excluding tert-OH is 1. The molecule has 4 heteroatoms. The highest BCUT2D eigenvalue weighted by Crippen LogP contribution is 1.94. The first-order valence-electron chi connectivity index (χ1n) is 4.47. The SMILES string of the molecule is COCCN(CCC#N)C[C@@H](C)O. The van der Waals surface area contributed by atoms with Crippen molar-refractivity contribution in [1.82, 2.24) is 4.90 Å². The highest BCUT2D eigenvalue weighted by molar-refractivity contribution is 4.73. The van der Waals surface area contributed by atoms with Crippen molar-refractivity contribution in [2.24, 2.45) is 0 Å². The largest absolute Gasteiger partial charge is 0.392 e. The molecule has 0 unspecified atom stereocenters. The Labute approximate surface area is 79.7 Å². The normalized spacial score (nSPS) is 12.8. The highest BCUT2D eigenvalue weighted by atomic mass is 16.5. The molecule has 0 bridgehead atoms. The average molecular weight is 186 g/mol. The minimum Gasteiger partial charge on any atom is -0.392 e. The average Bonchev–Trinajstić information content (AvgIpc) is 2.09. The minimum absolute atomic E-state index is 0.351. The van der Waals surface area contributed by atoms with Crippen LogP contribution in [0, 0.1) is 11.3 Å². The van der Waals surface area contributed by atoms with Crippen LogP contribution in [0.3, 0.4) is 0 Å². The number of nitrogens with zero attached hydrogens (tertiary/aromatic N) is 2. The van der Waals surface area contributed by atoms with Crippen LogP contribution < -0.4 is 0 Å². The molecule has 0 saturated heterocycles. The molecule has 0 saturated carbocycles. The Hall–Kier alpha value is -0.630. The van der Waals surface area contributed by atoms with E-state index in [0.29, 0.717) is 26.1 Å². The maximum absolute atomic E-state index is 9.16. The number of hydrogen-bond donors (Lipinski definition) is 1. The molecule has 0 aromatic heterocycles. The number of aliphatic hydroxyl groups is 1. The maximum atomic E-state index is 9.16. The third-order valence-corrected chi connectivity index (χ3v) is 1.67. The summed E-state index contributed by atoms with van der Waals surface area (Å²) >= 11 is 0. The fourth-order valence-electron chi connectivity index (χ4n) is 1.10. The zero-order valence-electron chi connectivity index (χ0n) is 8.36. The van der Waals surface area contributed by atoms with E-state index in [4.69, 9.17) is 15.1 Å². The van der Waals surface area contributed by atoms with Crippen molar-refractivity contribution in [3.63, 3.8) is 0 Å². The van der Waals surface area contributed by atoms with Crippen LogP contribution in [0.4, 0.5) is 0 Å². The Balaban J connectivity index is 3.67. The van der Waals surface area contributed by atoms with Crippen LogP contribution in [-0.4, -0.2) is 49.5 Å². The van der Waals surface area contributed by atoms with E-state index in [-0.39, 0.29) is 6.10 Å². The van der Waals surface area contributed by atoms with Crippen molar-refractivity contribution in [3.05, 3.63) is 0 Å². The van der Waals surface area contributed by atoms with Gasteiger partial charge in [0, 0.05) is 33.2 Å². The Morgan fingerprint density at radius 2 is 2.23 bits per heavy atom. The van der Waals surface area contributed by atoms with Crippen molar-refractivity contribution in [2.75, 3.05) is 33.4 Å². The third kappa shape index (κ3) is 7.72. The Morgan fingerprint density at radius 1 is 1.54 bits per heavy atom. The lowest BCUT2D eigenvalue weighted by molar-refractivity contribution is 0.0993. The van der Waals surface area contributed by atoms with E-state index in [0.717, 1.165) is 6.54 Å². The Morgan fingerprint density at radius 3 is 2.69 bits per heavy atom. The number of nitriles is 1. The van der Waals surface area contributed by atoms with Crippen LogP contribution in [-0.2, 0) is 4.74 Å². The molecule has 76 valence electrons. The zero-order valence-corrected chi connectivity index (χ0v) is 8.36. The predicted molar refractivity (Wildman–Crippen MR) is 50.2 cm³/mol. The van der Waals surface area contributed by atoms with Gasteiger partial charge in [0.15, 0.2) is 0 Å². The van der Waals surface area contributed by atoms with E-state index < -0.39 is 0 Å². The van der Waals surface area contributed by atoms with Crippen molar-refractivity contribution >= 4 is 0 Å². The van der Waals surface area contributed by atoms with Gasteiger partial charge in [-0.1, -0.05) is 0 Å². The molecular formula is C9H18N2O2. The third-order valence-electron chi connectivity index (χ3n) is 1.67. The van der Waals surface area contributed by atoms with Gasteiger partial charge in [-0.2, -0.15) is 5.26 Å². The molecule has 0 aliphatic heterocycles. The summed E-state index contributed by atoms with van der Waals surface area (Å²) in [7, 11) is 1.64. The summed E-state index contributed by atoms with van der Waals surface area (Å²) in [4.78, 5) is 2.03. The Bertz CT molecular complexity index is 154. The summed E-state index contributed by atoms with van der Waals surface area (Å²) < 4.78 is 4.93. The van der Waals surface area contributed by atoms with Gasteiger partial charge in [-0.05, 0) is 6.92 Å². The number of hydrogen-bond acceptors (Lipinski definition) is 4. The van der Waals surface area contributed by atoms with E-state index in [1.807, 2.05) is 4.90 Å². The topological polar surface area (TPSA) is 56.5 Å². The standard InChI is InChI=1S/C9H18N2O2/c1-9(12)8-11(5-3-4-10)6-7-13-2/h9,12H,3,5-8H2,1-2H3/t9-/m1/s1. The quantitative estimate of drug-likeness (QED) is 0.618. The van der Waals surface area contributed by atoms with Crippen LogP contribution in [0.1, 0.15) is 13.3 Å². The lowest BCUT2D eigenvalue weighted by Crippen LogP contribution is -2.34. The molecular weight excluding hydrogens is 168 g/mol. The summed E-state index contributed by atoms with van der Waals surface area (Å²) in [6.07, 6.45) is 0.145. The van der Waals surface area contributed by atoms with Gasteiger partial charge < -0.3 is 9.84 Å². The number of rotatable bonds is 7. The van der Waals surface area contributed by atoms with Gasteiger partial charge in [0.2, 0.25) is 0 Å². The first-order valence-corrected chi connectivity index (χ1v) is 4.47. The van der Waals surface area contributed by atoms with E-state index in [1.54, 1.807) is 14.0 Å². The summed E-state index contributed by atoms with van der Waals surface area (Å²) in [5.74, 6) is 0. The first-order chi connectivity index (χ1) is 6.20. The summed E-state index contributed by atoms with van der Waals surface area (Å²) in [5, 5.41) is 17.6. The van der Waals surface area contributed by atoms with E-state index in [2.05, 4.69) is 6.07 Å². The monoisotopic (exact) mass is 186 g/mol. The van der Waals surface area contributed by atoms with Crippen molar-refractivity contribution in [1.29, 1.82) is 5.26 Å². The molecule has 0 aromatic carbocycles. The van der Waals surface area contributed by atoms with Crippen LogP contribution in [0.5, 0.6) is 0 Å². The second kappa shape index (κ2) is 7.99. The second-order valence-corrected chi connectivity index (χ2v) is 3.05. The highest BCUT2D eigenvalue weighted by Gasteiger charge is 2.06. The predicted octanol–water partition coefficient (Wildman–Crippen LogP) is 0.229. The van der Waals surface area contributed by atoms with Gasteiger partial charge in [0.05, 0.1) is 18.8 Å². The molecule has 4 nitrogen and oxygen atoms in total. The van der Waals surface area contributed by atoms with E-state index in [1.165, 1.54) is 0 Å². The summed E-state index contributed by atoms with van der Waals surface area (Å²) in [6.45, 7) is 4.45. The zero-order chi connectivity index (χ0) is 10.1.